The van der Waals surface area contributed by atoms with Crippen LogP contribution in [0.1, 0.15) is 51.0 Å². The highest BCUT2D eigenvalue weighted by Gasteiger charge is 2.33. The number of rotatable bonds is 24. The van der Waals surface area contributed by atoms with Crippen molar-refractivity contribution in [2.24, 2.45) is 16.5 Å². The van der Waals surface area contributed by atoms with Gasteiger partial charge in [-0.1, -0.05) is 30.3 Å². The van der Waals surface area contributed by atoms with Gasteiger partial charge < -0.3 is 68.7 Å². The van der Waals surface area contributed by atoms with Crippen LogP contribution in [0.2, 0.25) is 0 Å². The number of amides is 6. The van der Waals surface area contributed by atoms with Crippen molar-refractivity contribution in [1.29, 1.82) is 0 Å². The van der Waals surface area contributed by atoms with E-state index in [1.807, 2.05) is 0 Å². The quantitative estimate of drug-likeness (QED) is 0.0164. The number of hydrogen-bond acceptors (Lipinski definition) is 16. The average molecular weight is 938 g/mol. The molecule has 0 saturated carbocycles. The molecule has 6 amide bonds. The van der Waals surface area contributed by atoms with E-state index < -0.39 is 97.4 Å². The van der Waals surface area contributed by atoms with Crippen LogP contribution in [-0.2, 0) is 53.5 Å². The van der Waals surface area contributed by atoms with Gasteiger partial charge >= 0.3 is 19.9 Å². The molecule has 14 N–H and O–H groups in total. The van der Waals surface area contributed by atoms with E-state index in [2.05, 4.69) is 56.6 Å². The molecule has 0 aromatic heterocycles. The Labute approximate surface area is 372 Å². The van der Waals surface area contributed by atoms with E-state index in [4.69, 9.17) is 16.2 Å². The Bertz CT molecular complexity index is 2110. The number of aliphatic imine (C=N–C) groups is 1. The number of phosphoric ester groups is 1. The molecule has 26 nitrogen and oxygen atoms in total. The maximum atomic E-state index is 14.0. The van der Waals surface area contributed by atoms with Crippen LogP contribution in [0.15, 0.2) is 44.9 Å². The summed E-state index contributed by atoms with van der Waals surface area (Å²) in [7, 11) is -4.23. The summed E-state index contributed by atoms with van der Waals surface area (Å²) in [6.07, 6.45) is -1.20. The Kier molecular flexibility index (Phi) is 21.8. The number of nitrogens with two attached hydrogens (primary N) is 2. The molecule has 1 aliphatic heterocycles. The first-order valence-corrected chi connectivity index (χ1v) is 22.0. The SMILES string of the molecule is CCOP(=O)(O)OCCNC(=O)OCCNc1c(NCCCC[C@@H]2NC(=O)[C@@H](Cc3ccccc3)NC(=O)[C@H](CC(=O)O)NC(=O)CNC(=O)[C@H](CCCN=C(N)N)NC2=O)c(=O)c1=O. The van der Waals surface area contributed by atoms with Crippen molar-refractivity contribution in [3.8, 4) is 0 Å². The molecule has 5 atom stereocenters. The van der Waals surface area contributed by atoms with Crippen LogP contribution in [0.3, 0.4) is 0 Å². The number of carboxylic acids is 1. The van der Waals surface area contributed by atoms with Crippen LogP contribution in [0, 0.1) is 0 Å². The van der Waals surface area contributed by atoms with Crippen LogP contribution in [-0.4, -0.2) is 134 Å². The molecule has 0 aliphatic carbocycles. The molecule has 1 unspecified atom stereocenters. The van der Waals surface area contributed by atoms with Crippen LogP contribution in [0.25, 0.3) is 0 Å². The maximum absolute atomic E-state index is 14.0. The van der Waals surface area contributed by atoms with Crippen LogP contribution in [0.4, 0.5) is 16.2 Å². The number of unbranched alkanes of at least 4 members (excludes halogenated alkanes) is 1. The fraction of sp³-hybridized carbons (Fsp3) is 0.526. The number of benzene rings is 1. The van der Waals surface area contributed by atoms with Gasteiger partial charge in [0.2, 0.25) is 29.5 Å². The molecule has 0 spiro atoms. The van der Waals surface area contributed by atoms with E-state index in [9.17, 15) is 57.7 Å². The maximum Gasteiger partial charge on any atom is 0.472 e. The number of nitrogens with one attached hydrogen (secondary N) is 8. The predicted molar refractivity (Wildman–Crippen MR) is 232 cm³/mol. The Hall–Kier alpha value is -6.63. The first-order chi connectivity index (χ1) is 30.9. The highest BCUT2D eigenvalue weighted by Crippen LogP contribution is 2.42. The normalized spacial score (nSPS) is 19.4. The summed E-state index contributed by atoms with van der Waals surface area (Å²) in [5.74, 6) is -6.01. The van der Waals surface area contributed by atoms with E-state index in [1.54, 1.807) is 30.3 Å². The van der Waals surface area contributed by atoms with Gasteiger partial charge in [0.05, 0.1) is 26.2 Å². The highest BCUT2D eigenvalue weighted by molar-refractivity contribution is 7.47. The lowest BCUT2D eigenvalue weighted by Crippen LogP contribution is -2.58. The Morgan fingerprint density at radius 3 is 2.02 bits per heavy atom. The van der Waals surface area contributed by atoms with Crippen molar-refractivity contribution in [2.75, 3.05) is 63.2 Å². The molecule has 1 saturated heterocycles. The first-order valence-electron chi connectivity index (χ1n) is 20.5. The molecule has 2 aromatic carbocycles. The fourth-order valence-electron chi connectivity index (χ4n) is 6.14. The van der Waals surface area contributed by atoms with E-state index in [-0.39, 0.29) is 102 Å². The lowest BCUT2D eigenvalue weighted by molar-refractivity contribution is -0.141. The number of carbonyl (C=O) groups is 7. The minimum absolute atomic E-state index is 0.0162. The lowest BCUT2D eigenvalue weighted by Gasteiger charge is -2.26. The van der Waals surface area contributed by atoms with Gasteiger partial charge in [0.15, 0.2) is 5.96 Å². The van der Waals surface area contributed by atoms with Gasteiger partial charge in [-0.2, -0.15) is 0 Å². The molecule has 2 aromatic rings. The van der Waals surface area contributed by atoms with Gasteiger partial charge in [-0.25, -0.2) is 9.36 Å². The average Bonchev–Trinajstić information content (AvgIpc) is 3.25. The third kappa shape index (κ3) is 18.9. The molecule has 1 aliphatic rings. The second-order valence-electron chi connectivity index (χ2n) is 14.3. The zero-order chi connectivity index (χ0) is 47.9. The molecule has 1 fully saturated rings. The van der Waals surface area contributed by atoms with Crippen LogP contribution in [0.5, 0.6) is 0 Å². The predicted octanol–water partition coefficient (Wildman–Crippen LogP) is -3.00. The number of guanidine groups is 1. The highest BCUT2D eigenvalue weighted by atomic mass is 31.2. The number of carbonyl (C=O) groups excluding carboxylic acids is 6. The molecule has 1 heterocycles. The summed E-state index contributed by atoms with van der Waals surface area (Å²) in [6.45, 7) is 0.148. The van der Waals surface area contributed by atoms with E-state index >= 15 is 0 Å². The number of alkyl carbamates (subject to hydrolysis) is 1. The van der Waals surface area contributed by atoms with Gasteiger partial charge in [0, 0.05) is 32.6 Å². The molecular formula is C38H56N11O15P. The van der Waals surface area contributed by atoms with Crippen molar-refractivity contribution in [3.05, 3.63) is 56.3 Å². The van der Waals surface area contributed by atoms with Gasteiger partial charge in [0.25, 0.3) is 10.9 Å². The number of hydrogen-bond donors (Lipinski definition) is 12. The Morgan fingerprint density at radius 2 is 1.37 bits per heavy atom. The van der Waals surface area contributed by atoms with Gasteiger partial charge in [0.1, 0.15) is 42.1 Å². The Morgan fingerprint density at radius 1 is 0.769 bits per heavy atom. The summed E-state index contributed by atoms with van der Waals surface area (Å²) >= 11 is 0. The number of phosphoric acid groups is 1. The van der Waals surface area contributed by atoms with Crippen LogP contribution >= 0.6 is 7.82 Å². The molecule has 0 bridgehead atoms. The van der Waals surface area contributed by atoms with Crippen LogP contribution < -0.4 is 64.9 Å². The van der Waals surface area contributed by atoms with Crippen molar-refractivity contribution in [2.45, 2.75) is 76.0 Å². The lowest BCUT2D eigenvalue weighted by atomic mass is 10.0. The standard InChI is InChI=1S/C38H56N11O15P/c1-2-63-65(60,61)64-18-16-44-38(59)62-17-15-42-30-29(31(53)32(30)54)41-13-7-6-11-24-34(56)47-23(12-8-14-43-37(39)40)33(55)45-21-27(50)46-26(20-28(51)52)36(58)49-25(35(57)48-24)19-22-9-4-3-5-10-22/h3-5,9-10,23-26,41-42H,2,6-8,11-21H2,1H3,(H,44,59)(H,45,55)(H,46,50)(H,47,56)(H,48,57)(H,49,58)(H,51,52)(H,60,61)(H4,39,40,43)/t23-,24-,25+,26-/m0/s1. The summed E-state index contributed by atoms with van der Waals surface area (Å²) in [5, 5.41) is 29.8. The van der Waals surface area contributed by atoms with Crippen molar-refractivity contribution in [3.63, 3.8) is 0 Å². The number of nitrogens with zero attached hydrogens (tertiary/aromatic N) is 1. The summed E-state index contributed by atoms with van der Waals surface area (Å²) in [6, 6.07) is 2.89. The first kappa shape index (κ1) is 52.7. The van der Waals surface area contributed by atoms with Crippen molar-refractivity contribution >= 4 is 66.8 Å². The number of anilines is 2. The van der Waals surface area contributed by atoms with Gasteiger partial charge in [-0.3, -0.25) is 52.4 Å². The molecule has 27 heteroatoms. The molecule has 0 radical (unpaired) electrons. The summed E-state index contributed by atoms with van der Waals surface area (Å²) in [5.41, 5.74) is 9.73. The fourth-order valence-corrected chi connectivity index (χ4v) is 6.86. The number of aliphatic carboxylic acids is 1. The smallest absolute Gasteiger partial charge is 0.472 e. The third-order valence-electron chi connectivity index (χ3n) is 9.27. The molecular weight excluding hydrogens is 881 g/mol. The number of ether oxygens (including phenoxy) is 1. The van der Waals surface area contributed by atoms with Gasteiger partial charge in [-0.05, 0) is 44.6 Å². The van der Waals surface area contributed by atoms with E-state index in [1.165, 1.54) is 6.92 Å². The second kappa shape index (κ2) is 26.9. The zero-order valence-corrected chi connectivity index (χ0v) is 36.4. The minimum Gasteiger partial charge on any atom is -0.481 e. The molecule has 3 rings (SSSR count). The Balaban J connectivity index is 1.71. The topological polar surface area (TPSA) is 399 Å². The number of carboxylic acid groups (broad SMARTS) is 1. The summed E-state index contributed by atoms with van der Waals surface area (Å²) in [4.78, 5) is 129. The summed E-state index contributed by atoms with van der Waals surface area (Å²) < 4.78 is 25.7. The minimum atomic E-state index is -4.23. The van der Waals surface area contributed by atoms with E-state index in [0.29, 0.717) is 5.56 Å². The third-order valence-corrected chi connectivity index (χ3v) is 10.4. The molecule has 65 heavy (non-hydrogen) atoms. The molecule has 358 valence electrons. The van der Waals surface area contributed by atoms with Gasteiger partial charge in [-0.15, -0.1) is 0 Å². The van der Waals surface area contributed by atoms with Crippen molar-refractivity contribution in [1.82, 2.24) is 31.9 Å². The largest absolute Gasteiger partial charge is 0.481 e. The van der Waals surface area contributed by atoms with E-state index in [0.717, 1.165) is 0 Å². The second-order valence-corrected chi connectivity index (χ2v) is 15.8. The van der Waals surface area contributed by atoms with Crippen molar-refractivity contribution < 1.29 is 61.9 Å². The monoisotopic (exact) mass is 937 g/mol. The zero-order valence-electron chi connectivity index (χ0n) is 35.6.